The van der Waals surface area contributed by atoms with E-state index in [1.54, 1.807) is 25.1 Å². The number of rotatable bonds is 8. The molecule has 0 spiro atoms. The van der Waals surface area contributed by atoms with Gasteiger partial charge < -0.3 is 14.2 Å². The lowest BCUT2D eigenvalue weighted by Gasteiger charge is -2.11. The molecule has 12 heteroatoms. The first-order valence-corrected chi connectivity index (χ1v) is 8.09. The van der Waals surface area contributed by atoms with Crippen LogP contribution in [-0.2, 0) is 11.5 Å². The van der Waals surface area contributed by atoms with Crippen molar-refractivity contribution in [2.45, 2.75) is 13.7 Å². The predicted molar refractivity (Wildman–Crippen MR) is 93.8 cm³/mol. The number of carbonyl (C=O) groups is 1. The average Bonchev–Trinajstić information content (AvgIpc) is 3.36. The molecule has 0 unspecified atom stereocenters. The number of hydrogen-bond donors (Lipinski definition) is 1. The largest absolute Gasteiger partial charge is 0.493 e. The molecule has 0 saturated heterocycles. The van der Waals surface area contributed by atoms with Crippen LogP contribution in [0, 0.1) is 10.1 Å². The summed E-state index contributed by atoms with van der Waals surface area (Å²) in [4.78, 5) is 22.1. The molecule has 0 radical (unpaired) electrons. The molecule has 0 amide bonds. The highest BCUT2D eigenvalue weighted by atomic mass is 16.6. The number of nitro groups is 1. The summed E-state index contributed by atoms with van der Waals surface area (Å²) in [7, 11) is 1.46. The fourth-order valence-electron chi connectivity index (χ4n) is 2.36. The molecule has 12 nitrogen and oxygen atoms in total. The number of nitrogens with zero attached hydrogens (tertiary/aromatic N) is 5. The molecule has 0 bridgehead atoms. The van der Waals surface area contributed by atoms with Gasteiger partial charge in [-0.25, -0.2) is 9.48 Å². The van der Waals surface area contributed by atoms with Crippen LogP contribution in [0.3, 0.4) is 0 Å². The predicted octanol–water partition coefficient (Wildman–Crippen LogP) is 1.80. The Morgan fingerprint density at radius 3 is 2.82 bits per heavy atom. The molecule has 2 aromatic heterocycles. The van der Waals surface area contributed by atoms with E-state index in [1.807, 2.05) is 0 Å². The van der Waals surface area contributed by atoms with Crippen LogP contribution < -0.4 is 9.47 Å². The van der Waals surface area contributed by atoms with Crippen molar-refractivity contribution < 1.29 is 23.9 Å². The Hall–Kier alpha value is -3.96. The molecule has 2 heterocycles. The minimum Gasteiger partial charge on any atom is -0.493 e. The van der Waals surface area contributed by atoms with Gasteiger partial charge in [-0.05, 0) is 25.1 Å². The Morgan fingerprint density at radius 1 is 1.32 bits per heavy atom. The third-order valence-corrected chi connectivity index (χ3v) is 3.64. The smallest absolute Gasteiger partial charge is 0.361 e. The van der Waals surface area contributed by atoms with Gasteiger partial charge in [-0.15, -0.1) is 5.10 Å². The second kappa shape index (κ2) is 8.16. The maximum Gasteiger partial charge on any atom is 0.361 e. The topological polar surface area (TPSA) is 147 Å². The summed E-state index contributed by atoms with van der Waals surface area (Å²) in [5, 5.41) is 24.8. The maximum absolute atomic E-state index is 12.0. The fraction of sp³-hybridized carbons (Fsp3) is 0.250. The first-order valence-electron chi connectivity index (χ1n) is 8.09. The summed E-state index contributed by atoms with van der Waals surface area (Å²) in [5.41, 5.74) is 0.798. The monoisotopic (exact) mass is 388 g/mol. The minimum absolute atomic E-state index is 0.0540. The number of hydrogen-bond acceptors (Lipinski definition) is 9. The van der Waals surface area contributed by atoms with Gasteiger partial charge in [0.15, 0.2) is 23.9 Å². The summed E-state index contributed by atoms with van der Waals surface area (Å²) in [6.07, 6.45) is 2.38. The van der Waals surface area contributed by atoms with Crippen molar-refractivity contribution in [1.29, 1.82) is 0 Å². The van der Waals surface area contributed by atoms with Crippen molar-refractivity contribution in [1.82, 2.24) is 25.2 Å². The molecular weight excluding hydrogens is 372 g/mol. The van der Waals surface area contributed by atoms with Crippen molar-refractivity contribution in [3.8, 4) is 22.8 Å². The first-order chi connectivity index (χ1) is 13.5. The molecule has 0 aliphatic rings. The highest BCUT2D eigenvalue weighted by Crippen LogP contribution is 2.33. The van der Waals surface area contributed by atoms with E-state index >= 15 is 0 Å². The van der Waals surface area contributed by atoms with E-state index in [0.717, 1.165) is 6.20 Å². The molecule has 0 saturated carbocycles. The SMILES string of the molecule is CCOC(=O)c1n[nH]nc1-c1ccc(OCn2cc([N+](=O)[O-])cn2)c(OC)c1. The lowest BCUT2D eigenvalue weighted by Crippen LogP contribution is -2.07. The number of H-pyrrole nitrogens is 1. The van der Waals surface area contributed by atoms with E-state index in [2.05, 4.69) is 20.5 Å². The van der Waals surface area contributed by atoms with Crippen LogP contribution in [-0.4, -0.2) is 49.8 Å². The van der Waals surface area contributed by atoms with E-state index < -0.39 is 10.9 Å². The normalized spacial score (nSPS) is 10.5. The van der Waals surface area contributed by atoms with Crippen molar-refractivity contribution in [3.05, 3.63) is 46.4 Å². The van der Waals surface area contributed by atoms with Crippen LogP contribution in [0.2, 0.25) is 0 Å². The number of carbonyl (C=O) groups excluding carboxylic acids is 1. The number of aromatic amines is 1. The quantitative estimate of drug-likeness (QED) is 0.346. The molecule has 3 rings (SSSR count). The Balaban J connectivity index is 1.80. The molecule has 0 aliphatic heterocycles. The van der Waals surface area contributed by atoms with Crippen LogP contribution in [0.1, 0.15) is 17.4 Å². The fourth-order valence-corrected chi connectivity index (χ4v) is 2.36. The average molecular weight is 388 g/mol. The maximum atomic E-state index is 12.0. The van der Waals surface area contributed by atoms with Crippen molar-refractivity contribution in [2.75, 3.05) is 13.7 Å². The molecule has 0 aliphatic carbocycles. The highest BCUT2D eigenvalue weighted by Gasteiger charge is 2.20. The van der Waals surface area contributed by atoms with Crippen LogP contribution in [0.4, 0.5) is 5.69 Å². The zero-order chi connectivity index (χ0) is 20.1. The number of esters is 1. The Bertz CT molecular complexity index is 997. The molecule has 146 valence electrons. The molecule has 1 aromatic carbocycles. The van der Waals surface area contributed by atoms with Crippen LogP contribution in [0.25, 0.3) is 11.3 Å². The van der Waals surface area contributed by atoms with E-state index in [1.165, 1.54) is 18.0 Å². The molecule has 3 aromatic rings. The second-order valence-corrected chi connectivity index (χ2v) is 5.38. The highest BCUT2D eigenvalue weighted by molar-refractivity contribution is 5.94. The van der Waals surface area contributed by atoms with Crippen LogP contribution in [0.5, 0.6) is 11.5 Å². The van der Waals surface area contributed by atoms with Gasteiger partial charge in [-0.1, -0.05) is 0 Å². The molecule has 0 atom stereocenters. The van der Waals surface area contributed by atoms with Gasteiger partial charge in [0.1, 0.15) is 18.1 Å². The Labute approximate surface area is 158 Å². The van der Waals surface area contributed by atoms with Gasteiger partial charge >= 0.3 is 11.7 Å². The van der Waals surface area contributed by atoms with E-state index in [0.29, 0.717) is 22.8 Å². The van der Waals surface area contributed by atoms with Crippen molar-refractivity contribution in [3.63, 3.8) is 0 Å². The number of benzene rings is 1. The summed E-state index contributed by atoms with van der Waals surface area (Å²) in [6, 6.07) is 4.92. The standard InChI is InChI=1S/C16H16N6O6/c1-3-27-16(23)15-14(18-20-19-15)10-4-5-12(13(6-10)26-2)28-9-21-8-11(7-17-21)22(24)25/h4-8H,3,9H2,1-2H3,(H,18,19,20). The van der Waals surface area contributed by atoms with E-state index in [-0.39, 0.29) is 24.7 Å². The lowest BCUT2D eigenvalue weighted by atomic mass is 10.1. The van der Waals surface area contributed by atoms with Crippen LogP contribution >= 0.6 is 0 Å². The first kappa shape index (κ1) is 18.8. The minimum atomic E-state index is -0.592. The lowest BCUT2D eigenvalue weighted by molar-refractivity contribution is -0.385. The summed E-state index contributed by atoms with van der Waals surface area (Å²) in [5.74, 6) is 0.161. The molecular formula is C16H16N6O6. The zero-order valence-electron chi connectivity index (χ0n) is 15.0. The van der Waals surface area contributed by atoms with Crippen molar-refractivity contribution in [2.24, 2.45) is 0 Å². The van der Waals surface area contributed by atoms with E-state index in [9.17, 15) is 14.9 Å². The summed E-state index contributed by atoms with van der Waals surface area (Å²) < 4.78 is 17.2. The zero-order valence-corrected chi connectivity index (χ0v) is 15.0. The third kappa shape index (κ3) is 3.90. The van der Waals surface area contributed by atoms with Gasteiger partial charge in [0.25, 0.3) is 0 Å². The number of methoxy groups -OCH3 is 1. The van der Waals surface area contributed by atoms with Gasteiger partial charge in [0, 0.05) is 5.56 Å². The van der Waals surface area contributed by atoms with Gasteiger partial charge in [-0.3, -0.25) is 10.1 Å². The Kier molecular flexibility index (Phi) is 5.48. The van der Waals surface area contributed by atoms with Gasteiger partial charge in [0.2, 0.25) is 0 Å². The molecule has 28 heavy (non-hydrogen) atoms. The van der Waals surface area contributed by atoms with Crippen molar-refractivity contribution >= 4 is 11.7 Å². The number of ether oxygens (including phenoxy) is 3. The molecule has 1 N–H and O–H groups in total. The summed E-state index contributed by atoms with van der Waals surface area (Å²) in [6.45, 7) is 1.86. The third-order valence-electron chi connectivity index (χ3n) is 3.64. The summed E-state index contributed by atoms with van der Waals surface area (Å²) >= 11 is 0. The van der Waals surface area contributed by atoms with Crippen LogP contribution in [0.15, 0.2) is 30.6 Å². The number of aromatic nitrogens is 5. The van der Waals surface area contributed by atoms with Gasteiger partial charge in [0.05, 0.1) is 18.6 Å². The number of nitrogens with one attached hydrogen (secondary N) is 1. The Morgan fingerprint density at radius 2 is 2.14 bits per heavy atom. The molecule has 0 fully saturated rings. The second-order valence-electron chi connectivity index (χ2n) is 5.38. The van der Waals surface area contributed by atoms with E-state index in [4.69, 9.17) is 14.2 Å². The van der Waals surface area contributed by atoms with Gasteiger partial charge in [-0.2, -0.15) is 15.4 Å².